The van der Waals surface area contributed by atoms with Gasteiger partial charge in [0.15, 0.2) is 5.82 Å². The Morgan fingerprint density at radius 2 is 1.79 bits per heavy atom. The van der Waals surface area contributed by atoms with Crippen LogP contribution >= 0.6 is 0 Å². The van der Waals surface area contributed by atoms with E-state index in [1.807, 2.05) is 37.4 Å². The van der Waals surface area contributed by atoms with Gasteiger partial charge in [0.1, 0.15) is 5.69 Å². The fraction of sp³-hybridized carbons (Fsp3) is 0.100. The maximum Gasteiger partial charge on any atom is 0.169 e. The van der Waals surface area contributed by atoms with Crippen molar-refractivity contribution in [1.82, 2.24) is 9.78 Å². The van der Waals surface area contributed by atoms with Crippen LogP contribution in [0.5, 0.6) is 0 Å². The lowest BCUT2D eigenvalue weighted by molar-refractivity contribution is 0.780. The molecule has 4 nitrogen and oxygen atoms in total. The Morgan fingerprint density at radius 1 is 1.14 bits per heavy atom. The number of benzene rings is 1. The molecule has 0 saturated heterocycles. The summed E-state index contributed by atoms with van der Waals surface area (Å²) < 4.78 is 1.69. The molecule has 0 aliphatic rings. The normalized spacial score (nSPS) is 10.4. The van der Waals surface area contributed by atoms with Gasteiger partial charge >= 0.3 is 0 Å². The molecule has 14 heavy (non-hydrogen) atoms. The third-order valence-corrected chi connectivity index (χ3v) is 2.16. The molecule has 0 atom stereocenters. The quantitative estimate of drug-likeness (QED) is 0.707. The van der Waals surface area contributed by atoms with E-state index in [4.69, 9.17) is 11.5 Å². The molecule has 1 aromatic carbocycles. The first kappa shape index (κ1) is 8.62. The highest BCUT2D eigenvalue weighted by atomic mass is 15.3. The molecule has 4 heteroatoms. The van der Waals surface area contributed by atoms with Gasteiger partial charge in [-0.05, 0) is 0 Å². The Bertz CT molecular complexity index is 445. The Hall–Kier alpha value is -1.97. The number of rotatable bonds is 1. The van der Waals surface area contributed by atoms with Gasteiger partial charge in [-0.25, -0.2) is 0 Å². The lowest BCUT2D eigenvalue weighted by atomic mass is 10.1. The van der Waals surface area contributed by atoms with E-state index in [9.17, 15) is 0 Å². The van der Waals surface area contributed by atoms with Crippen molar-refractivity contribution in [2.45, 2.75) is 0 Å². The first-order chi connectivity index (χ1) is 6.70. The average molecular weight is 188 g/mol. The fourth-order valence-electron chi connectivity index (χ4n) is 1.50. The molecule has 72 valence electrons. The topological polar surface area (TPSA) is 69.9 Å². The van der Waals surface area contributed by atoms with Crippen LogP contribution in [0.4, 0.5) is 11.5 Å². The summed E-state index contributed by atoms with van der Waals surface area (Å²) in [7, 11) is 1.83. The maximum atomic E-state index is 5.83. The summed E-state index contributed by atoms with van der Waals surface area (Å²) in [5.41, 5.74) is 13.9. The molecular weight excluding hydrogens is 176 g/mol. The summed E-state index contributed by atoms with van der Waals surface area (Å²) in [5, 5.41) is 4.06. The van der Waals surface area contributed by atoms with Crippen molar-refractivity contribution in [1.29, 1.82) is 0 Å². The molecule has 2 rings (SSSR count). The van der Waals surface area contributed by atoms with E-state index in [-0.39, 0.29) is 0 Å². The number of anilines is 2. The summed E-state index contributed by atoms with van der Waals surface area (Å²) in [6.07, 6.45) is 0. The zero-order valence-corrected chi connectivity index (χ0v) is 7.94. The minimum Gasteiger partial charge on any atom is -0.394 e. The standard InChI is InChI=1S/C10H12N4/c1-14-9(8(11)10(12)13-14)7-5-3-2-4-6-7/h2-6H,11H2,1H3,(H2,12,13). The van der Waals surface area contributed by atoms with Crippen LogP contribution in [0.3, 0.4) is 0 Å². The zero-order valence-electron chi connectivity index (χ0n) is 7.94. The summed E-state index contributed by atoms with van der Waals surface area (Å²) in [4.78, 5) is 0. The van der Waals surface area contributed by atoms with Crippen LogP contribution in [0.1, 0.15) is 0 Å². The summed E-state index contributed by atoms with van der Waals surface area (Å²) >= 11 is 0. The largest absolute Gasteiger partial charge is 0.394 e. The van der Waals surface area contributed by atoms with Crippen molar-refractivity contribution in [2.75, 3.05) is 11.5 Å². The Kier molecular flexibility index (Phi) is 1.89. The van der Waals surface area contributed by atoms with E-state index in [1.54, 1.807) is 4.68 Å². The van der Waals surface area contributed by atoms with Crippen molar-refractivity contribution >= 4 is 11.5 Å². The second-order valence-electron chi connectivity index (χ2n) is 3.14. The first-order valence-corrected chi connectivity index (χ1v) is 4.33. The molecule has 0 fully saturated rings. The molecule has 0 saturated carbocycles. The molecule has 1 heterocycles. The second-order valence-corrected chi connectivity index (χ2v) is 3.14. The van der Waals surface area contributed by atoms with Crippen LogP contribution in [0.2, 0.25) is 0 Å². The van der Waals surface area contributed by atoms with E-state index in [1.165, 1.54) is 0 Å². The highest BCUT2D eigenvalue weighted by Crippen LogP contribution is 2.28. The summed E-state index contributed by atoms with van der Waals surface area (Å²) in [6, 6.07) is 9.83. The monoisotopic (exact) mass is 188 g/mol. The average Bonchev–Trinajstić information content (AvgIpc) is 2.43. The Morgan fingerprint density at radius 3 is 2.29 bits per heavy atom. The van der Waals surface area contributed by atoms with Gasteiger partial charge in [0, 0.05) is 12.6 Å². The number of nitrogen functional groups attached to an aromatic ring is 2. The maximum absolute atomic E-state index is 5.83. The molecule has 2 aromatic rings. The highest BCUT2D eigenvalue weighted by Gasteiger charge is 2.11. The fourth-order valence-corrected chi connectivity index (χ4v) is 1.50. The first-order valence-electron chi connectivity index (χ1n) is 4.33. The van der Waals surface area contributed by atoms with E-state index < -0.39 is 0 Å². The van der Waals surface area contributed by atoms with Gasteiger partial charge in [-0.15, -0.1) is 0 Å². The molecule has 0 spiro atoms. The van der Waals surface area contributed by atoms with Gasteiger partial charge in [-0.2, -0.15) is 5.10 Å². The molecule has 1 aromatic heterocycles. The van der Waals surface area contributed by atoms with Crippen LogP contribution in [0.15, 0.2) is 30.3 Å². The van der Waals surface area contributed by atoms with Gasteiger partial charge in [0.25, 0.3) is 0 Å². The minimum absolute atomic E-state index is 0.381. The SMILES string of the molecule is Cn1nc(N)c(N)c1-c1ccccc1. The molecule has 0 unspecified atom stereocenters. The van der Waals surface area contributed by atoms with E-state index in [0.717, 1.165) is 11.3 Å². The van der Waals surface area contributed by atoms with Crippen molar-refractivity contribution in [3.05, 3.63) is 30.3 Å². The third-order valence-electron chi connectivity index (χ3n) is 2.16. The third kappa shape index (κ3) is 1.21. The predicted molar refractivity (Wildman–Crippen MR) is 57.5 cm³/mol. The molecule has 0 bridgehead atoms. The molecule has 0 amide bonds. The van der Waals surface area contributed by atoms with Crippen LogP contribution in [0, 0.1) is 0 Å². The Balaban J connectivity index is 2.62. The van der Waals surface area contributed by atoms with Gasteiger partial charge in [0.05, 0.1) is 5.69 Å². The lowest BCUT2D eigenvalue weighted by Crippen LogP contribution is -1.95. The van der Waals surface area contributed by atoms with E-state index in [0.29, 0.717) is 11.5 Å². The number of hydrogen-bond acceptors (Lipinski definition) is 3. The molecule has 0 aliphatic carbocycles. The number of aromatic nitrogens is 2. The molecule has 0 radical (unpaired) electrons. The van der Waals surface area contributed by atoms with Crippen LogP contribution < -0.4 is 11.5 Å². The predicted octanol–water partition coefficient (Wildman–Crippen LogP) is 1.25. The van der Waals surface area contributed by atoms with Crippen molar-refractivity contribution < 1.29 is 0 Å². The van der Waals surface area contributed by atoms with Gasteiger partial charge in [-0.1, -0.05) is 30.3 Å². The summed E-state index contributed by atoms with van der Waals surface area (Å²) in [5.74, 6) is 0.381. The molecular formula is C10H12N4. The van der Waals surface area contributed by atoms with Crippen LogP contribution in [-0.2, 0) is 7.05 Å². The van der Waals surface area contributed by atoms with Crippen molar-refractivity contribution in [2.24, 2.45) is 7.05 Å². The van der Waals surface area contributed by atoms with Gasteiger partial charge in [-0.3, -0.25) is 4.68 Å². The van der Waals surface area contributed by atoms with Crippen LogP contribution in [-0.4, -0.2) is 9.78 Å². The van der Waals surface area contributed by atoms with Gasteiger partial charge in [0.2, 0.25) is 0 Å². The van der Waals surface area contributed by atoms with Crippen molar-refractivity contribution in [3.8, 4) is 11.3 Å². The van der Waals surface area contributed by atoms with E-state index in [2.05, 4.69) is 5.10 Å². The van der Waals surface area contributed by atoms with Gasteiger partial charge < -0.3 is 11.5 Å². The van der Waals surface area contributed by atoms with Crippen LogP contribution in [0.25, 0.3) is 11.3 Å². The zero-order chi connectivity index (χ0) is 10.1. The molecule has 0 aliphatic heterocycles. The highest BCUT2D eigenvalue weighted by molar-refractivity contribution is 5.80. The number of hydrogen-bond donors (Lipinski definition) is 2. The minimum atomic E-state index is 0.381. The number of aryl methyl sites for hydroxylation is 1. The molecule has 4 N–H and O–H groups in total. The number of nitrogens with two attached hydrogens (primary N) is 2. The summed E-state index contributed by atoms with van der Waals surface area (Å²) in [6.45, 7) is 0. The Labute approximate surface area is 82.1 Å². The van der Waals surface area contributed by atoms with E-state index >= 15 is 0 Å². The lowest BCUT2D eigenvalue weighted by Gasteiger charge is -2.02. The smallest absolute Gasteiger partial charge is 0.169 e. The van der Waals surface area contributed by atoms with Crippen molar-refractivity contribution in [3.63, 3.8) is 0 Å². The number of nitrogens with zero attached hydrogens (tertiary/aromatic N) is 2. The second kappa shape index (κ2) is 3.06.